The molecule has 14 heteroatoms. The van der Waals surface area contributed by atoms with Gasteiger partial charge in [-0.3, -0.25) is 19.4 Å². The van der Waals surface area contributed by atoms with E-state index in [1.54, 1.807) is 13.2 Å². The number of aromatic amines is 1. The van der Waals surface area contributed by atoms with Crippen molar-refractivity contribution in [1.29, 1.82) is 0 Å². The largest absolute Gasteiger partial charge is 0.496 e. The average Bonchev–Trinajstić information content (AvgIpc) is 3.91. The number of carbonyl (C=O) groups excluding carboxylic acids is 3. The first-order valence-corrected chi connectivity index (χ1v) is 21.6. The predicted molar refractivity (Wildman–Crippen MR) is 231 cm³/mol. The molecular weight excluding hydrogens is 793 g/mol. The molecule has 3 aromatic rings. The number of aliphatic carboxylic acids is 1. The number of hydrogen-bond donors (Lipinski definition) is 3. The summed E-state index contributed by atoms with van der Waals surface area (Å²) in [7, 11) is 6.08. The van der Waals surface area contributed by atoms with Crippen molar-refractivity contribution in [3.8, 4) is 5.75 Å². The minimum Gasteiger partial charge on any atom is -0.496 e. The van der Waals surface area contributed by atoms with Gasteiger partial charge in [-0.15, -0.1) is 0 Å². The van der Waals surface area contributed by atoms with Gasteiger partial charge in [0.05, 0.1) is 27.4 Å². The van der Waals surface area contributed by atoms with Gasteiger partial charge in [0.15, 0.2) is 6.10 Å². The van der Waals surface area contributed by atoms with E-state index in [2.05, 4.69) is 33.8 Å². The van der Waals surface area contributed by atoms with Crippen LogP contribution in [-0.4, -0.2) is 127 Å². The second-order valence-corrected chi connectivity index (χ2v) is 18.1. The van der Waals surface area contributed by atoms with Crippen LogP contribution in [0.25, 0.3) is 17.0 Å². The molecule has 2 aromatic carbocycles. The van der Waals surface area contributed by atoms with Gasteiger partial charge in [0, 0.05) is 97.0 Å². The number of aromatic nitrogens is 1. The Morgan fingerprint density at radius 3 is 2.45 bits per heavy atom. The monoisotopic (exact) mass is 848 g/mol. The van der Waals surface area contributed by atoms with Gasteiger partial charge in [-0.2, -0.15) is 0 Å². The zero-order valence-corrected chi connectivity index (χ0v) is 36.4. The van der Waals surface area contributed by atoms with Crippen molar-refractivity contribution in [2.75, 3.05) is 59.5 Å². The molecule has 9 rings (SSSR count). The summed E-state index contributed by atoms with van der Waals surface area (Å²) in [6.07, 6.45) is 9.97. The molecular formula is C48H56N4O10. The Labute approximate surface area is 361 Å². The Kier molecular flexibility index (Phi) is 10.0. The van der Waals surface area contributed by atoms with Gasteiger partial charge in [-0.1, -0.05) is 43.7 Å². The predicted octanol–water partition coefficient (Wildman–Crippen LogP) is 4.85. The van der Waals surface area contributed by atoms with Crippen molar-refractivity contribution in [2.24, 2.45) is 11.3 Å². The lowest BCUT2D eigenvalue weighted by atomic mass is 9.47. The first kappa shape index (κ1) is 41.9. The van der Waals surface area contributed by atoms with Crippen LogP contribution in [0.5, 0.6) is 5.75 Å². The fourth-order valence-electron chi connectivity index (χ4n) is 13.2. The number of H-pyrrole nitrogens is 1. The van der Waals surface area contributed by atoms with Crippen LogP contribution in [0.4, 0.5) is 5.69 Å². The molecule has 6 heterocycles. The van der Waals surface area contributed by atoms with Crippen LogP contribution in [0.1, 0.15) is 74.4 Å². The van der Waals surface area contributed by atoms with Crippen molar-refractivity contribution in [3.05, 3.63) is 88.2 Å². The van der Waals surface area contributed by atoms with E-state index >= 15 is 4.79 Å². The molecule has 0 amide bonds. The molecule has 1 aromatic heterocycles. The standard InChI is InChI=1S/C48H56N4O10/c1-8-28-19-30-23-47(43(56)60-6,39-32(26-51(24-28)25-30)31-20-29(12-14-38(54)55)11-13-35(31)49-39)34-21-33-36(22-37(34)59-5)50(4)41-46(33)16-18-52-17-10-15-45(9-2,40(46)52)42(62-27(3)53)48(41,58)44(57)61-7/h10-15,19-22,30,40-42,49,58H,8-9,16-18,23-26H2,1-7H3,(H,54,55)/t30-,40+,41-,42-,45-,46-,47+,48+/m1/s1. The smallest absolute Gasteiger partial charge is 0.344 e. The molecule has 1 saturated carbocycles. The lowest BCUT2D eigenvalue weighted by Crippen LogP contribution is -2.81. The number of likely N-dealkylation sites (N-methyl/N-ethyl adjacent to an activating group) is 1. The van der Waals surface area contributed by atoms with Gasteiger partial charge in [-0.05, 0) is 79.1 Å². The first-order chi connectivity index (χ1) is 29.7. The minimum absolute atomic E-state index is 0.0558. The molecule has 1 unspecified atom stereocenters. The fourth-order valence-corrected chi connectivity index (χ4v) is 13.2. The maximum absolute atomic E-state index is 15.3. The number of carboxylic acids is 1. The minimum atomic E-state index is -2.32. The van der Waals surface area contributed by atoms with Crippen molar-refractivity contribution >= 4 is 46.5 Å². The molecule has 328 valence electrons. The third kappa shape index (κ3) is 5.57. The van der Waals surface area contributed by atoms with E-state index in [0.717, 1.165) is 46.8 Å². The first-order valence-electron chi connectivity index (χ1n) is 21.6. The zero-order chi connectivity index (χ0) is 44.1. The fraction of sp³-hybridized carbons (Fsp3) is 0.500. The molecule has 3 N–H and O–H groups in total. The van der Waals surface area contributed by atoms with Crippen molar-refractivity contribution in [3.63, 3.8) is 0 Å². The Hall–Kier alpha value is -5.44. The van der Waals surface area contributed by atoms with E-state index in [1.165, 1.54) is 26.7 Å². The Morgan fingerprint density at radius 1 is 1.00 bits per heavy atom. The van der Waals surface area contributed by atoms with Gasteiger partial charge < -0.3 is 39.0 Å². The molecule has 62 heavy (non-hydrogen) atoms. The second-order valence-electron chi connectivity index (χ2n) is 18.1. The summed E-state index contributed by atoms with van der Waals surface area (Å²) in [4.78, 5) is 64.8. The normalized spacial score (nSPS) is 33.1. The summed E-state index contributed by atoms with van der Waals surface area (Å²) in [5.74, 6) is -2.66. The van der Waals surface area contributed by atoms with Crippen molar-refractivity contribution < 1.29 is 48.3 Å². The number of fused-ring (bicyclic) bond motifs is 6. The topological polar surface area (TPSA) is 171 Å². The second kappa shape index (κ2) is 14.8. The van der Waals surface area contributed by atoms with Crippen LogP contribution in [-0.2, 0) is 50.8 Å². The summed E-state index contributed by atoms with van der Waals surface area (Å²) < 4.78 is 23.9. The number of nitrogens with one attached hydrogen (secondary N) is 1. The zero-order valence-electron chi connectivity index (χ0n) is 36.4. The van der Waals surface area contributed by atoms with E-state index in [9.17, 15) is 24.6 Å². The number of esters is 3. The number of carboxylic acid groups (broad SMARTS) is 1. The number of ether oxygens (including phenoxy) is 4. The molecule has 5 aliphatic heterocycles. The number of rotatable bonds is 9. The van der Waals surface area contributed by atoms with Gasteiger partial charge >= 0.3 is 23.9 Å². The highest BCUT2D eigenvalue weighted by Gasteiger charge is 2.80. The maximum Gasteiger partial charge on any atom is 0.344 e. The quantitative estimate of drug-likeness (QED) is 0.116. The number of aliphatic hydroxyl groups is 1. The van der Waals surface area contributed by atoms with E-state index < -0.39 is 57.9 Å². The highest BCUT2D eigenvalue weighted by molar-refractivity contribution is 5.96. The summed E-state index contributed by atoms with van der Waals surface area (Å²) >= 11 is 0. The van der Waals surface area contributed by atoms with Crippen LogP contribution < -0.4 is 9.64 Å². The van der Waals surface area contributed by atoms with E-state index in [1.807, 2.05) is 55.3 Å². The van der Waals surface area contributed by atoms with Crippen LogP contribution >= 0.6 is 0 Å². The number of carbonyl (C=O) groups is 4. The lowest BCUT2D eigenvalue weighted by molar-refractivity contribution is -0.228. The highest BCUT2D eigenvalue weighted by atomic mass is 16.6. The van der Waals surface area contributed by atoms with E-state index in [0.29, 0.717) is 68.0 Å². The van der Waals surface area contributed by atoms with Crippen LogP contribution in [0, 0.1) is 11.3 Å². The van der Waals surface area contributed by atoms with Crippen molar-refractivity contribution in [2.45, 2.75) is 87.6 Å². The maximum atomic E-state index is 15.3. The lowest BCUT2D eigenvalue weighted by Gasteiger charge is -2.63. The molecule has 1 spiro atoms. The Balaban J connectivity index is 1.36. The summed E-state index contributed by atoms with van der Waals surface area (Å²) in [6, 6.07) is 8.46. The molecule has 1 aliphatic carbocycles. The number of nitrogens with zero attached hydrogens (tertiary/aromatic N) is 3. The SMILES string of the molecule is CCC1=C[C@H]2CN(C1)Cc1c([nH]c3ccc(C=CC(=O)O)cc13)[C@@](C(=O)OC)(c1cc3c(cc1OC)N(C)[C@H]1[C@@](O)(C(=O)OC)[C@H](OC(C)=O)[C@]4(CC)C=CCN5CC[C@]31[C@@H]54)C2. The summed E-state index contributed by atoms with van der Waals surface area (Å²) in [6.45, 7) is 8.70. The molecule has 1 saturated heterocycles. The third-order valence-corrected chi connectivity index (χ3v) is 15.3. The van der Waals surface area contributed by atoms with E-state index in [-0.39, 0.29) is 12.0 Å². The van der Waals surface area contributed by atoms with Crippen LogP contribution in [0.15, 0.2) is 60.2 Å². The van der Waals surface area contributed by atoms with Gasteiger partial charge in [0.1, 0.15) is 11.2 Å². The summed E-state index contributed by atoms with van der Waals surface area (Å²) in [5.41, 5.74) is 0.773. The third-order valence-electron chi connectivity index (χ3n) is 15.3. The summed E-state index contributed by atoms with van der Waals surface area (Å²) in [5, 5.41) is 23.7. The Bertz CT molecular complexity index is 2490. The molecule has 2 bridgehead atoms. The molecule has 6 aliphatic rings. The number of anilines is 1. The number of hydrogen-bond acceptors (Lipinski definition) is 12. The van der Waals surface area contributed by atoms with Gasteiger partial charge in [0.2, 0.25) is 5.60 Å². The number of methoxy groups -OCH3 is 3. The van der Waals surface area contributed by atoms with Crippen molar-refractivity contribution in [1.82, 2.24) is 14.8 Å². The van der Waals surface area contributed by atoms with Gasteiger partial charge in [-0.25, -0.2) is 9.59 Å². The highest BCUT2D eigenvalue weighted by Crippen LogP contribution is 2.68. The molecule has 0 radical (unpaired) electrons. The van der Waals surface area contributed by atoms with Crippen LogP contribution in [0.2, 0.25) is 0 Å². The molecule has 14 nitrogen and oxygen atoms in total. The van der Waals surface area contributed by atoms with Gasteiger partial charge in [0.25, 0.3) is 0 Å². The molecule has 9 atom stereocenters. The van der Waals surface area contributed by atoms with Crippen LogP contribution in [0.3, 0.4) is 0 Å². The Morgan fingerprint density at radius 2 is 1.77 bits per heavy atom. The average molecular weight is 849 g/mol. The number of benzene rings is 2. The van der Waals surface area contributed by atoms with E-state index in [4.69, 9.17) is 18.9 Å². The molecule has 2 fully saturated rings.